The van der Waals surface area contributed by atoms with Gasteiger partial charge in [0.15, 0.2) is 0 Å². The number of nitrogens with one attached hydrogen (secondary N) is 2. The smallest absolute Gasteiger partial charge is 0.381 e. The summed E-state index contributed by atoms with van der Waals surface area (Å²) in [6.45, 7) is 5.21. The molecule has 33 heteroatoms. The number of halogens is 6. The summed E-state index contributed by atoms with van der Waals surface area (Å²) in [6, 6.07) is -11.2. The molecule has 4 saturated carbocycles. The fourth-order valence-corrected chi connectivity index (χ4v) is 17.4. The molecule has 110 heavy (non-hydrogen) atoms. The van der Waals surface area contributed by atoms with Gasteiger partial charge in [-0.05, 0) is 146 Å². The van der Waals surface area contributed by atoms with E-state index < -0.39 is 204 Å². The van der Waals surface area contributed by atoms with Crippen molar-refractivity contribution in [3.05, 3.63) is 12.2 Å². The molecule has 7 rings (SSSR count). The molecule has 2 N–H and O–H groups in total. The molecule has 6 fully saturated rings. The van der Waals surface area contributed by atoms with E-state index in [1.165, 1.54) is 95.0 Å². The second-order valence-corrected chi connectivity index (χ2v) is 32.1. The molecule has 622 valence electrons. The number of amides is 12. The highest BCUT2D eigenvalue weighted by atomic mass is 19.4. The number of hydrogen-bond donors (Lipinski definition) is 2. The van der Waals surface area contributed by atoms with Crippen molar-refractivity contribution in [2.45, 2.75) is 254 Å². The first kappa shape index (κ1) is 90.0. The summed E-state index contributed by atoms with van der Waals surface area (Å²) in [6.07, 6.45) is -5.27. The van der Waals surface area contributed by atoms with Gasteiger partial charge in [0.05, 0.1) is 50.2 Å². The molecular weight excluding hydrogens is 1450 g/mol. The Hall–Kier alpha value is -7.16. The van der Waals surface area contributed by atoms with Crippen LogP contribution in [0.25, 0.3) is 0 Å². The lowest BCUT2D eigenvalue weighted by molar-refractivity contribution is -0.215. The molecule has 3 unspecified atom stereocenters. The highest BCUT2D eigenvalue weighted by Gasteiger charge is 2.57. The Bertz CT molecular complexity index is 3260. The van der Waals surface area contributed by atoms with E-state index in [4.69, 9.17) is 14.2 Å². The van der Waals surface area contributed by atoms with Crippen molar-refractivity contribution in [3.63, 3.8) is 0 Å². The number of carbonyl (C=O) groups is 12. The van der Waals surface area contributed by atoms with Gasteiger partial charge in [0, 0.05) is 103 Å². The van der Waals surface area contributed by atoms with E-state index in [0.717, 1.165) is 24.5 Å². The van der Waals surface area contributed by atoms with Crippen LogP contribution in [0, 0.1) is 35.5 Å². The van der Waals surface area contributed by atoms with Crippen molar-refractivity contribution in [2.75, 3.05) is 117 Å². The van der Waals surface area contributed by atoms with Gasteiger partial charge in [0.2, 0.25) is 70.9 Å². The number of fused-ring (bicyclic) bond motifs is 3. The van der Waals surface area contributed by atoms with Gasteiger partial charge in [0.25, 0.3) is 0 Å². The lowest BCUT2D eigenvalue weighted by Gasteiger charge is -2.51. The van der Waals surface area contributed by atoms with Crippen LogP contribution >= 0.6 is 0 Å². The maximum atomic E-state index is 15.8. The van der Waals surface area contributed by atoms with Crippen LogP contribution in [0.3, 0.4) is 0 Å². The Balaban J connectivity index is 1.34. The van der Waals surface area contributed by atoms with Gasteiger partial charge in [-0.15, -0.1) is 0 Å². The number of methoxy groups -OCH3 is 1. The van der Waals surface area contributed by atoms with Crippen LogP contribution in [0.15, 0.2) is 12.2 Å². The molecule has 2 bridgehead atoms. The van der Waals surface area contributed by atoms with E-state index in [1.807, 2.05) is 6.92 Å². The molecule has 3 heterocycles. The van der Waals surface area contributed by atoms with Crippen LogP contribution < -0.4 is 10.6 Å². The number of carbonyl (C=O) groups excluding carboxylic acids is 12. The summed E-state index contributed by atoms with van der Waals surface area (Å²) >= 11 is 0. The number of likely N-dealkylation sites (N-methyl/N-ethyl adjacent to an activating group) is 8. The van der Waals surface area contributed by atoms with Gasteiger partial charge in [-0.25, -0.2) is 0 Å². The fraction of sp³-hybridized carbons (Fsp3) is 0.818. The summed E-state index contributed by atoms with van der Waals surface area (Å²) < 4.78 is 103. The van der Waals surface area contributed by atoms with E-state index in [9.17, 15) is 55.1 Å². The molecular formula is C77H122F6N12O15. The van der Waals surface area contributed by atoms with Gasteiger partial charge in [-0.3, -0.25) is 57.5 Å². The van der Waals surface area contributed by atoms with Crippen molar-refractivity contribution in [2.24, 2.45) is 35.5 Å². The Labute approximate surface area is 644 Å². The van der Waals surface area contributed by atoms with Crippen molar-refractivity contribution < 1.29 is 98.1 Å². The Kier molecular flexibility index (Phi) is 32.4. The third kappa shape index (κ3) is 21.6. The van der Waals surface area contributed by atoms with Crippen LogP contribution in [-0.4, -0.2) is 315 Å². The number of hydrogen-bond acceptors (Lipinski definition) is 15. The maximum absolute atomic E-state index is 15.8. The molecule has 4 aliphatic carbocycles. The van der Waals surface area contributed by atoms with E-state index in [-0.39, 0.29) is 129 Å². The first-order chi connectivity index (χ1) is 51.8. The average molecular weight is 1570 g/mol. The van der Waals surface area contributed by atoms with Gasteiger partial charge >= 0.3 is 12.4 Å². The second kappa shape index (κ2) is 39.5. The topological polar surface area (TPSA) is 289 Å². The molecule has 0 aromatic rings. The summed E-state index contributed by atoms with van der Waals surface area (Å²) in [4.78, 5) is 195. The Morgan fingerprint density at radius 1 is 0.655 bits per heavy atom. The molecule has 0 radical (unpaired) electrons. The SMILES string of the molecule is CCCOC[C@H]1C(=O)N[C@@H]([C@@H](C)CC)C(=O)N(C)CC(=O)N(C)[C@H]2C/C=C\CCN(C2=O)[C@@H](CC2CCC(C(F)(F)F)CC2)C(=O)N(C)CC(=O)N[C@@H](CCC2CCC(C(F)(F)F)C(OC)C2)C(=O)N2C[C@H](OCC)C[C@H]2C(=O)N(C)C2(CCC2)C(=O)N(C)[C@@H](C2CCCC2)C(=O)N(C)[C@H](C(=O)N(C)C)CC(=O)N1C. The van der Waals surface area contributed by atoms with Crippen LogP contribution in [-0.2, 0) is 71.7 Å². The van der Waals surface area contributed by atoms with Crippen LogP contribution in [0.2, 0.25) is 0 Å². The summed E-state index contributed by atoms with van der Waals surface area (Å²) in [5.74, 6) is -14.4. The molecule has 27 nitrogen and oxygen atoms in total. The van der Waals surface area contributed by atoms with Crippen molar-refractivity contribution in [1.82, 2.24) is 59.6 Å². The van der Waals surface area contributed by atoms with E-state index in [2.05, 4.69) is 10.6 Å². The average Bonchev–Trinajstić information content (AvgIpc) is 1.15. The number of rotatable bonds is 16. The van der Waals surface area contributed by atoms with E-state index in [0.29, 0.717) is 44.9 Å². The molecule has 12 amide bonds. The third-order valence-corrected chi connectivity index (χ3v) is 24.7. The second-order valence-electron chi connectivity index (χ2n) is 32.1. The number of nitrogens with zero attached hydrogens (tertiary/aromatic N) is 10. The van der Waals surface area contributed by atoms with Gasteiger partial charge in [0.1, 0.15) is 53.9 Å². The normalized spacial score (nSPS) is 31.0. The van der Waals surface area contributed by atoms with E-state index in [1.54, 1.807) is 32.9 Å². The molecule has 0 aromatic carbocycles. The number of alkyl halides is 6. The fourth-order valence-electron chi connectivity index (χ4n) is 17.4. The largest absolute Gasteiger partial charge is 0.394 e. The Morgan fingerprint density at radius 3 is 1.88 bits per heavy atom. The predicted octanol–water partition coefficient (Wildman–Crippen LogP) is 5.80. The monoisotopic (exact) mass is 1570 g/mol. The zero-order valence-corrected chi connectivity index (χ0v) is 67.0. The zero-order chi connectivity index (χ0) is 81.6. The highest BCUT2D eigenvalue weighted by Crippen LogP contribution is 2.46. The minimum absolute atomic E-state index is 0.0306. The first-order valence-electron chi connectivity index (χ1n) is 39.5. The molecule has 3 aliphatic heterocycles. The standard InChI is InChI=1S/C77H122F6N12O15/c1-15-38-109-46-59-66(99)85-64(47(4)16-2)72(105)88(8)45-63(98)89(9)55-26-19-18-22-37-94(71(55)104)57(39-48-27-31-51(32-28-48)76(78,79)80)69(102)87(7)44-61(96)84-54(34-30-49-29-33-53(77(81,82)83)60(40-49)108-14)67(100)95-43-52(110-17-3)41-58(95)70(103)93(13)75(35-23-36-75)74(107)92(12)65(50-24-20-21-25-50)73(106)91(11)56(68(101)86(5)6)42-62(97)90(59)10/h18-19,47-60,64-65H,15-17,20-46H2,1-14H3,(H,84,96)(H,85,99)/b19-18-/t47-,48?,49?,51?,52+,53?,54-,55-,56-,57-,58-,59-,60?,64-,65-/m0/s1. The quantitative estimate of drug-likeness (QED) is 0.105. The molecule has 0 aromatic heterocycles. The summed E-state index contributed by atoms with van der Waals surface area (Å²) in [5.41, 5.74) is -1.60. The van der Waals surface area contributed by atoms with E-state index >= 15 is 28.8 Å². The summed E-state index contributed by atoms with van der Waals surface area (Å²) in [5, 5.41) is 5.62. The highest BCUT2D eigenvalue weighted by molar-refractivity contribution is 6.01. The molecule has 7 aliphatic rings. The first-order valence-corrected chi connectivity index (χ1v) is 39.5. The molecule has 13 atom stereocenters. The third-order valence-electron chi connectivity index (χ3n) is 24.7. The van der Waals surface area contributed by atoms with Crippen molar-refractivity contribution >= 4 is 70.9 Å². The van der Waals surface area contributed by atoms with Crippen molar-refractivity contribution in [3.8, 4) is 0 Å². The maximum Gasteiger partial charge on any atom is 0.394 e. The minimum atomic E-state index is -4.57. The summed E-state index contributed by atoms with van der Waals surface area (Å²) in [7, 11) is 13.7. The number of ether oxygens (including phenoxy) is 3. The Morgan fingerprint density at radius 2 is 1.30 bits per heavy atom. The molecule has 1 spiro atoms. The zero-order valence-electron chi connectivity index (χ0n) is 67.0. The lowest BCUT2D eigenvalue weighted by Crippen LogP contribution is -2.68. The van der Waals surface area contributed by atoms with Crippen LogP contribution in [0.4, 0.5) is 26.3 Å². The molecule has 2 saturated heterocycles. The van der Waals surface area contributed by atoms with Crippen molar-refractivity contribution in [1.29, 1.82) is 0 Å². The van der Waals surface area contributed by atoms with Crippen LogP contribution in [0.5, 0.6) is 0 Å². The lowest BCUT2D eigenvalue weighted by atomic mass is 9.73. The van der Waals surface area contributed by atoms with Gasteiger partial charge in [-0.1, -0.05) is 52.2 Å². The van der Waals surface area contributed by atoms with Gasteiger partial charge < -0.3 is 73.8 Å². The van der Waals surface area contributed by atoms with Crippen LogP contribution in [0.1, 0.15) is 175 Å². The predicted molar refractivity (Wildman–Crippen MR) is 393 cm³/mol. The minimum Gasteiger partial charge on any atom is -0.381 e. The van der Waals surface area contributed by atoms with Gasteiger partial charge in [-0.2, -0.15) is 26.3 Å².